The molecule has 23 heavy (non-hydrogen) atoms. The zero-order chi connectivity index (χ0) is 15.4. The lowest BCUT2D eigenvalue weighted by Crippen LogP contribution is -2.34. The third kappa shape index (κ3) is 4.57. The van der Waals surface area contributed by atoms with Crippen LogP contribution in [-0.4, -0.2) is 11.9 Å². The molecule has 0 saturated carbocycles. The van der Waals surface area contributed by atoms with Gasteiger partial charge in [0.25, 0.3) is 0 Å². The second-order valence-corrected chi connectivity index (χ2v) is 5.93. The van der Waals surface area contributed by atoms with Crippen molar-refractivity contribution >= 4 is 24.0 Å². The van der Waals surface area contributed by atoms with Crippen LogP contribution in [0.15, 0.2) is 48.5 Å². The Morgan fingerprint density at radius 3 is 2.65 bits per heavy atom. The van der Waals surface area contributed by atoms with Crippen molar-refractivity contribution in [1.29, 1.82) is 0 Å². The van der Waals surface area contributed by atoms with E-state index in [1.165, 1.54) is 16.7 Å². The Kier molecular flexibility index (Phi) is 6.20. The summed E-state index contributed by atoms with van der Waals surface area (Å²) >= 11 is 0. The number of rotatable bonds is 4. The van der Waals surface area contributed by atoms with Gasteiger partial charge in [0, 0.05) is 25.2 Å². The predicted molar refractivity (Wildman–Crippen MR) is 97.1 cm³/mol. The molecule has 0 aliphatic heterocycles. The van der Waals surface area contributed by atoms with Gasteiger partial charge in [-0.2, -0.15) is 0 Å². The van der Waals surface area contributed by atoms with Crippen LogP contribution in [0.1, 0.15) is 30.0 Å². The molecule has 0 bridgehead atoms. The minimum atomic E-state index is -0.00211. The van der Waals surface area contributed by atoms with E-state index >= 15 is 0 Å². The highest BCUT2D eigenvalue weighted by Gasteiger charge is 2.20. The first-order valence-electron chi connectivity index (χ1n) is 7.88. The highest BCUT2D eigenvalue weighted by Crippen LogP contribution is 2.28. The Balaban J connectivity index is 0.00000192. The molecule has 0 fully saturated rings. The number of carbonyl (C=O) groups is 1. The average Bonchev–Trinajstić information content (AvgIpc) is 2.53. The van der Waals surface area contributed by atoms with Crippen LogP contribution in [0, 0.1) is 0 Å². The van der Waals surface area contributed by atoms with Gasteiger partial charge in [0.1, 0.15) is 0 Å². The van der Waals surface area contributed by atoms with Crippen molar-refractivity contribution in [3.05, 3.63) is 65.2 Å². The van der Waals surface area contributed by atoms with Crippen molar-refractivity contribution in [1.82, 2.24) is 5.32 Å². The van der Waals surface area contributed by atoms with Gasteiger partial charge in [-0.25, -0.2) is 0 Å². The molecule has 0 aromatic heterocycles. The Morgan fingerprint density at radius 2 is 1.91 bits per heavy atom. The first-order valence-corrected chi connectivity index (χ1v) is 7.88. The van der Waals surface area contributed by atoms with E-state index in [0.717, 1.165) is 31.5 Å². The van der Waals surface area contributed by atoms with Gasteiger partial charge in [-0.1, -0.05) is 42.5 Å². The molecule has 2 aromatic rings. The molecule has 1 unspecified atom stereocenters. The Bertz CT molecular complexity index is 658. The van der Waals surface area contributed by atoms with Crippen LogP contribution in [-0.2, 0) is 24.2 Å². The summed E-state index contributed by atoms with van der Waals surface area (Å²) in [5, 5.41) is 6.60. The van der Waals surface area contributed by atoms with E-state index in [9.17, 15) is 4.79 Å². The highest BCUT2D eigenvalue weighted by atomic mass is 35.5. The fraction of sp³-hybridized carbons (Fsp3) is 0.316. The lowest BCUT2D eigenvalue weighted by molar-refractivity contribution is -0.114. The molecule has 122 valence electrons. The molecule has 0 heterocycles. The average molecular weight is 331 g/mol. The van der Waals surface area contributed by atoms with E-state index in [-0.39, 0.29) is 18.3 Å². The molecule has 0 saturated heterocycles. The zero-order valence-electron chi connectivity index (χ0n) is 13.3. The van der Waals surface area contributed by atoms with Crippen molar-refractivity contribution < 1.29 is 4.79 Å². The van der Waals surface area contributed by atoms with E-state index in [1.807, 2.05) is 18.2 Å². The standard InChI is InChI=1S/C19H22N2O.ClH/c1-14(22)21-19-9-5-8-16-12-17(10-11-18(16)19)20-13-15-6-3-2-4-7-15;/h2-9,17,20H,10-13H2,1H3,(H,21,22);1H. The maximum Gasteiger partial charge on any atom is 0.221 e. The minimum Gasteiger partial charge on any atom is -0.326 e. The number of benzene rings is 2. The van der Waals surface area contributed by atoms with Crippen molar-refractivity contribution in [2.24, 2.45) is 0 Å². The number of nitrogens with one attached hydrogen (secondary N) is 2. The fourth-order valence-corrected chi connectivity index (χ4v) is 3.15. The van der Waals surface area contributed by atoms with Crippen LogP contribution in [0.25, 0.3) is 0 Å². The van der Waals surface area contributed by atoms with Crippen LogP contribution in [0.2, 0.25) is 0 Å². The largest absolute Gasteiger partial charge is 0.326 e. The molecule has 4 heteroatoms. The summed E-state index contributed by atoms with van der Waals surface area (Å²) < 4.78 is 0. The number of carbonyl (C=O) groups excluding carboxylic acids is 1. The molecule has 3 nitrogen and oxygen atoms in total. The summed E-state index contributed by atoms with van der Waals surface area (Å²) in [5.74, 6) is -0.00211. The van der Waals surface area contributed by atoms with Crippen molar-refractivity contribution in [2.45, 2.75) is 38.8 Å². The van der Waals surface area contributed by atoms with Gasteiger partial charge in [-0.15, -0.1) is 12.4 Å². The Morgan fingerprint density at radius 1 is 1.13 bits per heavy atom. The Labute approximate surface area is 143 Å². The lowest BCUT2D eigenvalue weighted by atomic mass is 9.87. The van der Waals surface area contributed by atoms with Crippen molar-refractivity contribution in [3.8, 4) is 0 Å². The monoisotopic (exact) mass is 330 g/mol. The van der Waals surface area contributed by atoms with Gasteiger partial charge in [0.05, 0.1) is 0 Å². The predicted octanol–water partition coefficient (Wildman–Crippen LogP) is 3.71. The normalized spacial score (nSPS) is 16.1. The molecule has 1 atom stereocenters. The summed E-state index contributed by atoms with van der Waals surface area (Å²) in [6.07, 6.45) is 3.14. The number of halogens is 1. The van der Waals surface area contributed by atoms with E-state index in [2.05, 4.69) is 41.0 Å². The molecular formula is C19H23ClN2O. The SMILES string of the molecule is CC(=O)Nc1cccc2c1CCC(NCc1ccccc1)C2.Cl. The maximum absolute atomic E-state index is 11.3. The van der Waals surface area contributed by atoms with Crippen LogP contribution in [0.3, 0.4) is 0 Å². The zero-order valence-corrected chi connectivity index (χ0v) is 14.2. The number of fused-ring (bicyclic) bond motifs is 1. The molecule has 1 aliphatic rings. The fourth-order valence-electron chi connectivity index (χ4n) is 3.15. The van der Waals surface area contributed by atoms with Crippen molar-refractivity contribution in [3.63, 3.8) is 0 Å². The summed E-state index contributed by atoms with van der Waals surface area (Å²) in [4.78, 5) is 11.3. The third-order valence-corrected chi connectivity index (χ3v) is 4.23. The van der Waals surface area contributed by atoms with Crippen LogP contribution in [0.5, 0.6) is 0 Å². The number of hydrogen-bond donors (Lipinski definition) is 2. The Hall–Kier alpha value is -1.84. The first kappa shape index (κ1) is 17.5. The topological polar surface area (TPSA) is 41.1 Å². The van der Waals surface area contributed by atoms with Gasteiger partial charge in [0.2, 0.25) is 5.91 Å². The van der Waals surface area contributed by atoms with Crippen LogP contribution in [0.4, 0.5) is 5.69 Å². The maximum atomic E-state index is 11.3. The number of anilines is 1. The second-order valence-electron chi connectivity index (χ2n) is 5.93. The first-order chi connectivity index (χ1) is 10.7. The summed E-state index contributed by atoms with van der Waals surface area (Å²) in [6.45, 7) is 2.47. The lowest BCUT2D eigenvalue weighted by Gasteiger charge is -2.27. The summed E-state index contributed by atoms with van der Waals surface area (Å²) in [5.41, 5.74) is 4.95. The molecule has 1 amide bonds. The van der Waals surface area contributed by atoms with Gasteiger partial charge < -0.3 is 10.6 Å². The molecular weight excluding hydrogens is 308 g/mol. The minimum absolute atomic E-state index is 0. The van der Waals surface area contributed by atoms with E-state index in [0.29, 0.717) is 6.04 Å². The number of hydrogen-bond acceptors (Lipinski definition) is 2. The summed E-state index contributed by atoms with van der Waals surface area (Å²) in [6, 6.07) is 17.2. The second kappa shape index (κ2) is 8.14. The van der Waals surface area contributed by atoms with Gasteiger partial charge in [-0.3, -0.25) is 4.79 Å². The van der Waals surface area contributed by atoms with Crippen LogP contribution >= 0.6 is 12.4 Å². The van der Waals surface area contributed by atoms with E-state index in [4.69, 9.17) is 0 Å². The molecule has 0 radical (unpaired) electrons. The third-order valence-electron chi connectivity index (χ3n) is 4.23. The molecule has 1 aliphatic carbocycles. The smallest absolute Gasteiger partial charge is 0.221 e. The summed E-state index contributed by atoms with van der Waals surface area (Å²) in [7, 11) is 0. The number of amides is 1. The molecule has 2 aromatic carbocycles. The van der Waals surface area contributed by atoms with Gasteiger partial charge in [0.15, 0.2) is 0 Å². The van der Waals surface area contributed by atoms with Gasteiger partial charge in [-0.05, 0) is 42.0 Å². The molecule has 0 spiro atoms. The highest BCUT2D eigenvalue weighted by molar-refractivity contribution is 5.89. The van der Waals surface area contributed by atoms with E-state index in [1.54, 1.807) is 6.92 Å². The van der Waals surface area contributed by atoms with Gasteiger partial charge >= 0.3 is 0 Å². The van der Waals surface area contributed by atoms with Crippen molar-refractivity contribution in [2.75, 3.05) is 5.32 Å². The quantitative estimate of drug-likeness (QED) is 0.897. The van der Waals surface area contributed by atoms with E-state index < -0.39 is 0 Å². The van der Waals surface area contributed by atoms with Crippen LogP contribution < -0.4 is 10.6 Å². The molecule has 2 N–H and O–H groups in total. The molecule has 3 rings (SSSR count).